The number of carbonyl (C=O) groups excluding carboxylic acids is 3. The molecule has 2 aromatic carbocycles. The van der Waals surface area contributed by atoms with E-state index in [4.69, 9.17) is 0 Å². The lowest BCUT2D eigenvalue weighted by Gasteiger charge is -2.33. The lowest BCUT2D eigenvalue weighted by atomic mass is 10.1. The van der Waals surface area contributed by atoms with Gasteiger partial charge in [-0.15, -0.1) is 0 Å². The second-order valence-corrected chi connectivity index (χ2v) is 6.64. The van der Waals surface area contributed by atoms with E-state index in [2.05, 4.69) is 5.32 Å². The smallest absolute Gasteiger partial charge is 0.312 e. The number of anilines is 1. The molecule has 0 spiro atoms. The summed E-state index contributed by atoms with van der Waals surface area (Å²) in [5.74, 6) is -2.05. The van der Waals surface area contributed by atoms with Crippen molar-refractivity contribution in [2.75, 3.05) is 25.0 Å². The molecule has 146 valence electrons. The van der Waals surface area contributed by atoms with Gasteiger partial charge in [0.1, 0.15) is 12.4 Å². The standard InChI is InChI=1S/C21H22FN3O3/c1-2-16-5-3-4-6-18(16)23-19(26)14-25-12-11-24(20(27)21(25)28)13-15-7-9-17(22)10-8-15/h3-10H,2,11-14H2,1H3,(H,23,26). The molecule has 0 radical (unpaired) electrons. The van der Waals surface area contributed by atoms with Gasteiger partial charge in [0, 0.05) is 25.3 Å². The van der Waals surface area contributed by atoms with Crippen LogP contribution in [-0.2, 0) is 27.3 Å². The predicted octanol–water partition coefficient (Wildman–Crippen LogP) is 2.20. The van der Waals surface area contributed by atoms with Crippen molar-refractivity contribution < 1.29 is 18.8 Å². The number of amides is 3. The topological polar surface area (TPSA) is 69.7 Å². The molecule has 0 bridgehead atoms. The van der Waals surface area contributed by atoms with Gasteiger partial charge in [-0.05, 0) is 35.7 Å². The first-order chi connectivity index (χ1) is 13.5. The third kappa shape index (κ3) is 4.54. The average Bonchev–Trinajstić information content (AvgIpc) is 2.69. The van der Waals surface area contributed by atoms with Gasteiger partial charge in [-0.3, -0.25) is 14.4 Å². The summed E-state index contributed by atoms with van der Waals surface area (Å²) in [4.78, 5) is 39.8. The SMILES string of the molecule is CCc1ccccc1NC(=O)CN1CCN(Cc2ccc(F)cc2)C(=O)C1=O. The Kier molecular flexibility index (Phi) is 6.03. The predicted molar refractivity (Wildman–Crippen MR) is 103 cm³/mol. The van der Waals surface area contributed by atoms with E-state index in [0.717, 1.165) is 17.5 Å². The molecule has 1 N–H and O–H groups in total. The van der Waals surface area contributed by atoms with Gasteiger partial charge in [-0.2, -0.15) is 0 Å². The van der Waals surface area contributed by atoms with Crippen LogP contribution in [0.15, 0.2) is 48.5 Å². The van der Waals surface area contributed by atoms with E-state index >= 15 is 0 Å². The maximum Gasteiger partial charge on any atom is 0.312 e. The van der Waals surface area contributed by atoms with Crippen LogP contribution in [0.25, 0.3) is 0 Å². The summed E-state index contributed by atoms with van der Waals surface area (Å²) in [6.07, 6.45) is 0.774. The van der Waals surface area contributed by atoms with Crippen LogP contribution in [0, 0.1) is 5.82 Å². The summed E-state index contributed by atoms with van der Waals surface area (Å²) >= 11 is 0. The molecule has 1 aliphatic heterocycles. The summed E-state index contributed by atoms with van der Waals surface area (Å²) in [5, 5.41) is 2.81. The summed E-state index contributed by atoms with van der Waals surface area (Å²) in [6.45, 7) is 2.64. The highest BCUT2D eigenvalue weighted by molar-refractivity contribution is 6.35. The summed E-state index contributed by atoms with van der Waals surface area (Å²) in [6, 6.07) is 13.3. The van der Waals surface area contributed by atoms with Crippen LogP contribution in [0.1, 0.15) is 18.1 Å². The Labute approximate surface area is 162 Å². The minimum atomic E-state index is -0.702. The molecule has 2 aromatic rings. The van der Waals surface area contributed by atoms with Gasteiger partial charge < -0.3 is 15.1 Å². The zero-order valence-corrected chi connectivity index (χ0v) is 15.7. The number of nitrogens with one attached hydrogen (secondary N) is 1. The second-order valence-electron chi connectivity index (χ2n) is 6.64. The van der Waals surface area contributed by atoms with E-state index in [0.29, 0.717) is 12.2 Å². The Morgan fingerprint density at radius 1 is 1.00 bits per heavy atom. The number of para-hydroxylation sites is 1. The molecule has 1 fully saturated rings. The molecule has 1 aliphatic rings. The van der Waals surface area contributed by atoms with Crippen molar-refractivity contribution in [3.8, 4) is 0 Å². The van der Waals surface area contributed by atoms with Gasteiger partial charge in [-0.1, -0.05) is 37.3 Å². The number of carbonyl (C=O) groups is 3. The fourth-order valence-corrected chi connectivity index (χ4v) is 3.14. The third-order valence-electron chi connectivity index (χ3n) is 4.69. The van der Waals surface area contributed by atoms with E-state index < -0.39 is 11.8 Å². The van der Waals surface area contributed by atoms with Crippen molar-refractivity contribution in [3.63, 3.8) is 0 Å². The van der Waals surface area contributed by atoms with Crippen LogP contribution in [0.4, 0.5) is 10.1 Å². The van der Waals surface area contributed by atoms with Gasteiger partial charge in [0.15, 0.2) is 0 Å². The first kappa shape index (κ1) is 19.5. The average molecular weight is 383 g/mol. The molecule has 0 atom stereocenters. The number of rotatable bonds is 6. The quantitative estimate of drug-likeness (QED) is 0.778. The Morgan fingerprint density at radius 3 is 2.36 bits per heavy atom. The maximum atomic E-state index is 13.0. The summed E-state index contributed by atoms with van der Waals surface area (Å²) in [5.41, 5.74) is 2.45. The molecule has 0 aromatic heterocycles. The van der Waals surface area contributed by atoms with Crippen LogP contribution in [0.2, 0.25) is 0 Å². The van der Waals surface area contributed by atoms with Crippen molar-refractivity contribution >= 4 is 23.4 Å². The number of hydrogen-bond acceptors (Lipinski definition) is 3. The van der Waals surface area contributed by atoms with Crippen molar-refractivity contribution in [1.29, 1.82) is 0 Å². The number of aryl methyl sites for hydroxylation is 1. The van der Waals surface area contributed by atoms with Crippen molar-refractivity contribution in [2.24, 2.45) is 0 Å². The summed E-state index contributed by atoms with van der Waals surface area (Å²) in [7, 11) is 0. The molecule has 7 heteroatoms. The van der Waals surface area contributed by atoms with E-state index in [1.165, 1.54) is 21.9 Å². The van der Waals surface area contributed by atoms with E-state index in [1.54, 1.807) is 12.1 Å². The van der Waals surface area contributed by atoms with Gasteiger partial charge >= 0.3 is 11.8 Å². The molecule has 1 saturated heterocycles. The number of halogens is 1. The first-order valence-electron chi connectivity index (χ1n) is 9.18. The fourth-order valence-electron chi connectivity index (χ4n) is 3.14. The monoisotopic (exact) mass is 383 g/mol. The Balaban J connectivity index is 1.58. The molecule has 0 saturated carbocycles. The van der Waals surface area contributed by atoms with Crippen LogP contribution in [0.5, 0.6) is 0 Å². The number of piperazine rings is 1. The van der Waals surface area contributed by atoms with E-state index in [9.17, 15) is 18.8 Å². The van der Waals surface area contributed by atoms with Gasteiger partial charge in [-0.25, -0.2) is 4.39 Å². The van der Waals surface area contributed by atoms with Crippen LogP contribution in [0.3, 0.4) is 0 Å². The van der Waals surface area contributed by atoms with Crippen molar-refractivity contribution in [3.05, 3.63) is 65.5 Å². The molecule has 6 nitrogen and oxygen atoms in total. The molecular formula is C21H22FN3O3. The number of nitrogens with zero attached hydrogens (tertiary/aromatic N) is 2. The van der Waals surface area contributed by atoms with Crippen molar-refractivity contribution in [2.45, 2.75) is 19.9 Å². The molecule has 0 unspecified atom stereocenters. The number of hydrogen-bond donors (Lipinski definition) is 1. The minimum absolute atomic E-state index is 0.174. The minimum Gasteiger partial charge on any atom is -0.328 e. The maximum absolute atomic E-state index is 13.0. The Bertz CT molecular complexity index is 883. The summed E-state index contributed by atoms with van der Waals surface area (Å²) < 4.78 is 13.0. The Hall–Kier alpha value is -3.22. The molecule has 0 aliphatic carbocycles. The Morgan fingerprint density at radius 2 is 1.64 bits per heavy atom. The molecule has 1 heterocycles. The molecule has 3 amide bonds. The van der Waals surface area contributed by atoms with Crippen molar-refractivity contribution in [1.82, 2.24) is 9.80 Å². The van der Waals surface area contributed by atoms with E-state index in [-0.39, 0.29) is 31.4 Å². The first-order valence-corrected chi connectivity index (χ1v) is 9.18. The second kappa shape index (κ2) is 8.65. The molecule has 3 rings (SSSR count). The zero-order valence-electron chi connectivity index (χ0n) is 15.7. The largest absolute Gasteiger partial charge is 0.328 e. The van der Waals surface area contributed by atoms with Crippen LogP contribution < -0.4 is 5.32 Å². The van der Waals surface area contributed by atoms with Gasteiger partial charge in [0.25, 0.3) is 0 Å². The van der Waals surface area contributed by atoms with Gasteiger partial charge in [0.2, 0.25) is 5.91 Å². The third-order valence-corrected chi connectivity index (χ3v) is 4.69. The highest BCUT2D eigenvalue weighted by atomic mass is 19.1. The molecule has 28 heavy (non-hydrogen) atoms. The highest BCUT2D eigenvalue weighted by Crippen LogP contribution is 2.16. The van der Waals surface area contributed by atoms with Crippen LogP contribution in [-0.4, -0.2) is 47.2 Å². The van der Waals surface area contributed by atoms with Crippen LogP contribution >= 0.6 is 0 Å². The van der Waals surface area contributed by atoms with Gasteiger partial charge in [0.05, 0.1) is 0 Å². The zero-order chi connectivity index (χ0) is 20.1. The lowest BCUT2D eigenvalue weighted by Crippen LogP contribution is -2.55. The molecular weight excluding hydrogens is 361 g/mol. The highest BCUT2D eigenvalue weighted by Gasteiger charge is 2.33. The fraction of sp³-hybridized carbons (Fsp3) is 0.286. The normalized spacial score (nSPS) is 14.4. The van der Waals surface area contributed by atoms with E-state index in [1.807, 2.05) is 31.2 Å². The lowest BCUT2D eigenvalue weighted by molar-refractivity contribution is -0.157. The number of benzene rings is 2.